The lowest BCUT2D eigenvalue weighted by Gasteiger charge is -2.30. The first-order valence-corrected chi connectivity index (χ1v) is 13.3. The van der Waals surface area contributed by atoms with Crippen LogP contribution in [-0.2, 0) is 20.3 Å². The fraction of sp³-hybridized carbons (Fsp3) is 0.321. The first-order chi connectivity index (χ1) is 16.6. The van der Waals surface area contributed by atoms with Crippen LogP contribution >= 0.6 is 7.37 Å². The number of aliphatic hydroxyl groups is 1. The molecular formula is C28H34NO5P. The molecule has 0 aromatic heterocycles. The number of rotatable bonds is 10. The largest absolute Gasteiger partial charge is 0.497 e. The first-order valence-electron chi connectivity index (χ1n) is 11.6. The Hall–Kier alpha value is -2.92. The Morgan fingerprint density at radius 3 is 2.06 bits per heavy atom. The van der Waals surface area contributed by atoms with E-state index in [2.05, 4.69) is 5.32 Å². The number of carbonyl (C=O) groups excluding carboxylic acids is 1. The summed E-state index contributed by atoms with van der Waals surface area (Å²) in [6.07, 6.45) is -0.178. The predicted molar refractivity (Wildman–Crippen MR) is 139 cm³/mol. The van der Waals surface area contributed by atoms with Crippen LogP contribution in [0.25, 0.3) is 0 Å². The minimum absolute atomic E-state index is 0.304. The molecule has 186 valence electrons. The summed E-state index contributed by atoms with van der Waals surface area (Å²) in [5, 5.41) is 14.6. The highest BCUT2D eigenvalue weighted by atomic mass is 31.2. The highest BCUT2D eigenvalue weighted by Gasteiger charge is 2.40. The Morgan fingerprint density at radius 1 is 0.943 bits per heavy atom. The minimum Gasteiger partial charge on any atom is -0.497 e. The molecule has 0 aliphatic heterocycles. The highest BCUT2D eigenvalue weighted by molar-refractivity contribution is 7.67. The maximum absolute atomic E-state index is 14.5. The summed E-state index contributed by atoms with van der Waals surface area (Å²) in [7, 11) is -2.40. The van der Waals surface area contributed by atoms with Gasteiger partial charge in [-0.1, -0.05) is 60.7 Å². The molecule has 0 radical (unpaired) electrons. The number of ether oxygens (including phenoxy) is 1. The molecule has 3 aromatic rings. The van der Waals surface area contributed by atoms with Crippen LogP contribution in [0.15, 0.2) is 84.9 Å². The first kappa shape index (κ1) is 26.7. The van der Waals surface area contributed by atoms with Crippen LogP contribution in [0, 0.1) is 0 Å². The van der Waals surface area contributed by atoms with E-state index in [0.29, 0.717) is 29.5 Å². The highest BCUT2D eigenvalue weighted by Crippen LogP contribution is 2.58. The van der Waals surface area contributed by atoms with Gasteiger partial charge in [-0.2, -0.15) is 0 Å². The maximum atomic E-state index is 14.5. The number of aliphatic hydroxyl groups excluding tert-OH is 1. The molecule has 3 unspecified atom stereocenters. The van der Waals surface area contributed by atoms with Crippen molar-refractivity contribution in [2.24, 2.45) is 0 Å². The number of nitrogens with one attached hydrogen (secondary N) is 1. The zero-order chi connectivity index (χ0) is 25.5. The van der Waals surface area contributed by atoms with Gasteiger partial charge in [-0.05, 0) is 69.0 Å². The second-order valence-electron chi connectivity index (χ2n) is 9.44. The Bertz CT molecular complexity index is 1130. The lowest BCUT2D eigenvalue weighted by molar-refractivity contribution is -0.129. The normalized spacial score (nSPS) is 15.0. The second-order valence-corrected chi connectivity index (χ2v) is 11.8. The second kappa shape index (κ2) is 11.7. The molecule has 1 amide bonds. The molecule has 3 rings (SSSR count). The third-order valence-electron chi connectivity index (χ3n) is 5.46. The van der Waals surface area contributed by atoms with E-state index in [9.17, 15) is 14.5 Å². The van der Waals surface area contributed by atoms with Crippen molar-refractivity contribution in [2.45, 2.75) is 51.1 Å². The minimum atomic E-state index is -3.95. The van der Waals surface area contributed by atoms with E-state index in [4.69, 9.17) is 9.26 Å². The Morgan fingerprint density at radius 2 is 1.51 bits per heavy atom. The molecule has 7 heteroatoms. The fourth-order valence-corrected chi connectivity index (χ4v) is 5.93. The Kier molecular flexibility index (Phi) is 8.90. The zero-order valence-electron chi connectivity index (χ0n) is 20.7. The monoisotopic (exact) mass is 495 g/mol. The molecule has 0 heterocycles. The molecule has 35 heavy (non-hydrogen) atoms. The summed E-state index contributed by atoms with van der Waals surface area (Å²) in [4.78, 5) is 13.3. The maximum Gasteiger partial charge on any atom is 0.264 e. The lowest BCUT2D eigenvalue weighted by atomic mass is 10.0. The summed E-state index contributed by atoms with van der Waals surface area (Å²) in [5.41, 5.74) is 0.947. The van der Waals surface area contributed by atoms with Gasteiger partial charge in [-0.25, -0.2) is 0 Å². The number of methoxy groups -OCH3 is 1. The van der Waals surface area contributed by atoms with Gasteiger partial charge < -0.3 is 19.7 Å². The predicted octanol–water partition coefficient (Wildman–Crippen LogP) is 5.22. The van der Waals surface area contributed by atoms with E-state index in [1.165, 1.54) is 0 Å². The Balaban J connectivity index is 1.97. The van der Waals surface area contributed by atoms with Crippen molar-refractivity contribution in [3.8, 4) is 5.75 Å². The van der Waals surface area contributed by atoms with Crippen LogP contribution in [0.5, 0.6) is 5.75 Å². The number of carbonyl (C=O) groups is 1. The van der Waals surface area contributed by atoms with E-state index in [0.717, 1.165) is 5.56 Å². The topological polar surface area (TPSA) is 84.9 Å². The van der Waals surface area contributed by atoms with Crippen molar-refractivity contribution in [3.63, 3.8) is 0 Å². The van der Waals surface area contributed by atoms with Gasteiger partial charge in [0.2, 0.25) is 5.91 Å². The van der Waals surface area contributed by atoms with Gasteiger partial charge in [0.05, 0.1) is 7.11 Å². The molecule has 0 bridgehead atoms. The average Bonchev–Trinajstić information content (AvgIpc) is 2.86. The van der Waals surface area contributed by atoms with E-state index in [1.807, 2.05) is 51.1 Å². The third kappa shape index (κ3) is 7.28. The van der Waals surface area contributed by atoms with E-state index < -0.39 is 24.9 Å². The smallest absolute Gasteiger partial charge is 0.264 e. The molecule has 0 saturated carbocycles. The van der Waals surface area contributed by atoms with Gasteiger partial charge in [0.15, 0.2) is 5.85 Å². The molecule has 0 aliphatic rings. The quantitative estimate of drug-likeness (QED) is 0.377. The van der Waals surface area contributed by atoms with Crippen LogP contribution in [0.1, 0.15) is 44.2 Å². The van der Waals surface area contributed by atoms with Gasteiger partial charge in [0, 0.05) is 10.8 Å². The van der Waals surface area contributed by atoms with Gasteiger partial charge in [-0.3, -0.25) is 9.36 Å². The molecule has 2 N–H and O–H groups in total. The SMILES string of the molecule is COc1ccc(C(O)P(=O)(OC(CCc2ccccc2)C(=O)NC(C)(C)C)c2ccccc2)cc1. The van der Waals surface area contributed by atoms with E-state index >= 15 is 0 Å². The molecule has 0 aliphatic carbocycles. The third-order valence-corrected chi connectivity index (χ3v) is 7.99. The molecule has 6 nitrogen and oxygen atoms in total. The summed E-state index contributed by atoms with van der Waals surface area (Å²) in [6.45, 7) is 5.63. The lowest BCUT2D eigenvalue weighted by Crippen LogP contribution is -2.47. The van der Waals surface area contributed by atoms with Crippen molar-refractivity contribution in [1.29, 1.82) is 0 Å². The summed E-state index contributed by atoms with van der Waals surface area (Å²) in [6, 6.07) is 25.0. The Labute approximate surface area is 207 Å². The summed E-state index contributed by atoms with van der Waals surface area (Å²) >= 11 is 0. The standard InChI is InChI=1S/C28H34NO5P/c1-28(2,3)29-26(30)25(20-15-21-11-7-5-8-12-21)34-35(32,24-13-9-6-10-14-24)27(31)22-16-18-23(33-4)19-17-22/h5-14,16-19,25,27,31H,15,20H2,1-4H3,(H,29,30). The zero-order valence-corrected chi connectivity index (χ0v) is 21.6. The van der Waals surface area contributed by atoms with Crippen molar-refractivity contribution in [3.05, 3.63) is 96.1 Å². The number of hydrogen-bond acceptors (Lipinski definition) is 5. The van der Waals surface area contributed by atoms with E-state index in [-0.39, 0.29) is 5.91 Å². The number of amides is 1. The number of aryl methyl sites for hydroxylation is 1. The summed E-state index contributed by atoms with van der Waals surface area (Å²) < 4.78 is 25.9. The van der Waals surface area contributed by atoms with Gasteiger partial charge in [-0.15, -0.1) is 0 Å². The molecular weight excluding hydrogens is 461 g/mol. The van der Waals surface area contributed by atoms with Gasteiger partial charge in [0.25, 0.3) is 7.37 Å². The number of benzene rings is 3. The van der Waals surface area contributed by atoms with Crippen molar-refractivity contribution >= 4 is 18.6 Å². The molecule has 0 fully saturated rings. The molecule has 3 aromatic carbocycles. The fourth-order valence-electron chi connectivity index (χ4n) is 3.68. The van der Waals surface area contributed by atoms with Crippen LogP contribution in [0.2, 0.25) is 0 Å². The van der Waals surface area contributed by atoms with Crippen molar-refractivity contribution in [1.82, 2.24) is 5.32 Å². The van der Waals surface area contributed by atoms with Crippen LogP contribution in [0.4, 0.5) is 0 Å². The van der Waals surface area contributed by atoms with E-state index in [1.54, 1.807) is 61.7 Å². The van der Waals surface area contributed by atoms with Gasteiger partial charge in [0.1, 0.15) is 11.9 Å². The van der Waals surface area contributed by atoms with Crippen LogP contribution < -0.4 is 15.4 Å². The number of hydrogen-bond donors (Lipinski definition) is 2. The average molecular weight is 496 g/mol. The molecule has 3 atom stereocenters. The van der Waals surface area contributed by atoms with Crippen LogP contribution in [0.3, 0.4) is 0 Å². The van der Waals surface area contributed by atoms with Gasteiger partial charge >= 0.3 is 0 Å². The molecule has 0 saturated heterocycles. The van der Waals surface area contributed by atoms with Crippen molar-refractivity contribution < 1.29 is 23.7 Å². The van der Waals surface area contributed by atoms with Crippen molar-refractivity contribution in [2.75, 3.05) is 7.11 Å². The molecule has 0 spiro atoms. The van der Waals surface area contributed by atoms with Crippen LogP contribution in [-0.4, -0.2) is 29.8 Å². The summed E-state index contributed by atoms with van der Waals surface area (Å²) in [5.74, 6) is -1.22.